The van der Waals surface area contributed by atoms with Gasteiger partial charge >= 0.3 is 5.97 Å². The van der Waals surface area contributed by atoms with Crippen LogP contribution in [0.5, 0.6) is 0 Å². The number of aliphatic carboxylic acids is 1. The van der Waals surface area contributed by atoms with Crippen molar-refractivity contribution in [2.45, 2.75) is 0 Å². The molecular formula is C4H5O2. The Hall–Kier alpha value is -0.790. The predicted octanol–water partition coefficient (Wildman–Crippen LogP) is 0.461. The molecule has 0 atom stereocenters. The Kier molecular flexibility index (Phi) is 1.39. The van der Waals surface area contributed by atoms with E-state index in [1.165, 1.54) is 6.08 Å². The predicted molar refractivity (Wildman–Crippen MR) is 22.1 cm³/mol. The summed E-state index contributed by atoms with van der Waals surface area (Å²) in [7, 11) is 0. The van der Waals surface area contributed by atoms with Crippen molar-refractivity contribution in [2.75, 3.05) is 0 Å². The monoisotopic (exact) mass is 86.0 g/mol. The van der Waals surface area contributed by atoms with E-state index in [0.29, 0.717) is 0 Å². The molecule has 0 aromatic heterocycles. The van der Waals surface area contributed by atoms with Crippen LogP contribution in [0.2, 0.25) is 0 Å². The van der Waals surface area contributed by atoms with Gasteiger partial charge in [-0.2, -0.15) is 0 Å². The SMILES string of the molecule is [2H]OC(=O)[CH]C=C. The van der Waals surface area contributed by atoms with Gasteiger partial charge in [0.15, 0.2) is 0 Å². The van der Waals surface area contributed by atoms with Crippen molar-refractivity contribution in [2.24, 2.45) is 0 Å². The highest BCUT2D eigenvalue weighted by Gasteiger charge is 1.85. The Labute approximate surface area is 37.6 Å². The molecular weight excluding hydrogens is 80.0 g/mol. The maximum Gasteiger partial charge on any atom is 0.311 e. The zero-order valence-corrected chi connectivity index (χ0v) is 3.18. The van der Waals surface area contributed by atoms with Crippen LogP contribution in [0.15, 0.2) is 12.7 Å². The Morgan fingerprint density at radius 1 is 2.17 bits per heavy atom. The highest BCUT2D eigenvalue weighted by atomic mass is 16.4. The van der Waals surface area contributed by atoms with Gasteiger partial charge in [-0.15, -0.1) is 6.58 Å². The molecule has 0 heterocycles. The fraction of sp³-hybridized carbons (Fsp3) is 0. The van der Waals surface area contributed by atoms with Gasteiger partial charge in [0.25, 0.3) is 1.43 Å². The van der Waals surface area contributed by atoms with Crippen LogP contribution >= 0.6 is 0 Å². The summed E-state index contributed by atoms with van der Waals surface area (Å²) in [6.45, 7) is 3.21. The van der Waals surface area contributed by atoms with Gasteiger partial charge in [0, 0.05) is 0 Å². The second-order valence-electron chi connectivity index (χ2n) is 0.721. The molecule has 2 heteroatoms. The van der Waals surface area contributed by atoms with Crippen molar-refractivity contribution >= 4 is 5.97 Å². The second-order valence-corrected chi connectivity index (χ2v) is 0.721. The van der Waals surface area contributed by atoms with E-state index >= 15 is 0 Å². The number of hydrogen-bond donors (Lipinski definition) is 1. The minimum absolute atomic E-state index is 0.699. The Balaban J connectivity index is 3.17. The number of carboxylic acids is 1. The van der Waals surface area contributed by atoms with Crippen molar-refractivity contribution < 1.29 is 9.90 Å². The number of rotatable bonds is 2. The molecule has 2 nitrogen and oxygen atoms in total. The van der Waals surface area contributed by atoms with Crippen molar-refractivity contribution in [3.8, 4) is 0 Å². The van der Waals surface area contributed by atoms with Gasteiger partial charge in [-0.25, -0.2) is 0 Å². The van der Waals surface area contributed by atoms with Crippen molar-refractivity contribution in [1.82, 2.24) is 0 Å². The normalized spacial score (nSPS) is 9.00. The molecule has 0 aliphatic rings. The molecule has 6 heavy (non-hydrogen) atoms. The number of carboxylic acid groups (broad SMARTS) is 1. The lowest BCUT2D eigenvalue weighted by Gasteiger charge is -1.74. The molecule has 0 rings (SSSR count). The number of hydrogen-bond acceptors (Lipinski definition) is 2. The summed E-state index contributed by atoms with van der Waals surface area (Å²) >= 11 is 0. The molecule has 33 valence electrons. The molecule has 0 spiro atoms. The molecule has 0 aliphatic heterocycles. The molecule has 0 fully saturated rings. The Morgan fingerprint density at radius 3 is 3.00 bits per heavy atom. The summed E-state index contributed by atoms with van der Waals surface area (Å²) in [5.74, 6) is -0.699. The average Bonchev–Trinajstić information content (AvgIpc) is 1.68. The van der Waals surface area contributed by atoms with Crippen LogP contribution in [0.4, 0.5) is 0 Å². The summed E-state index contributed by atoms with van der Waals surface area (Å²) < 4.78 is 5.98. The van der Waals surface area contributed by atoms with E-state index in [-0.39, 0.29) is 0 Å². The van der Waals surface area contributed by atoms with Crippen LogP contribution in [0, 0.1) is 6.42 Å². The van der Waals surface area contributed by atoms with E-state index in [0.717, 1.165) is 6.42 Å². The molecule has 0 unspecified atom stereocenters. The lowest BCUT2D eigenvalue weighted by molar-refractivity contribution is -0.132. The van der Waals surface area contributed by atoms with Gasteiger partial charge in [-0.3, -0.25) is 4.79 Å². The third kappa shape index (κ3) is 3.21. The smallest absolute Gasteiger partial charge is 0.311 e. The second kappa shape index (κ2) is 2.45. The van der Waals surface area contributed by atoms with E-state index in [4.69, 9.17) is 1.43 Å². The van der Waals surface area contributed by atoms with Crippen molar-refractivity contribution in [3.05, 3.63) is 19.1 Å². The topological polar surface area (TPSA) is 37.3 Å². The van der Waals surface area contributed by atoms with Gasteiger partial charge in [0.2, 0.25) is 0 Å². The van der Waals surface area contributed by atoms with Crippen LogP contribution in [0.3, 0.4) is 0 Å². The van der Waals surface area contributed by atoms with E-state index in [2.05, 4.69) is 11.7 Å². The summed E-state index contributed by atoms with van der Waals surface area (Å²) in [5, 5.41) is 3.47. The molecule has 0 aromatic carbocycles. The first-order valence-electron chi connectivity index (χ1n) is 1.85. The van der Waals surface area contributed by atoms with Crippen LogP contribution in [0.1, 0.15) is 0 Å². The minimum Gasteiger partial charge on any atom is -0.481 e. The third-order valence-corrected chi connectivity index (χ3v) is 0.254. The van der Waals surface area contributed by atoms with E-state index < -0.39 is 5.97 Å². The molecule has 0 amide bonds. The molecule has 1 N–H and O–H groups in total. The lowest BCUT2D eigenvalue weighted by Crippen LogP contribution is -1.89. The maximum absolute atomic E-state index is 9.88. The molecule has 0 saturated carbocycles. The van der Waals surface area contributed by atoms with E-state index in [1.54, 1.807) is 0 Å². The first-order chi connectivity index (χ1) is 3.31. The standard InChI is InChI=1S/C4H5O2/c1-2-3-4(5)6/h2-3H,1H2,(H,5,6)/i/hD. The highest BCUT2D eigenvalue weighted by Crippen LogP contribution is 1.71. The number of carbonyl (C=O) groups is 1. The zero-order valence-electron chi connectivity index (χ0n) is 4.18. The van der Waals surface area contributed by atoms with Gasteiger partial charge in [-0.05, 0) is 0 Å². The molecule has 0 aliphatic carbocycles. The minimum atomic E-state index is -0.699. The van der Waals surface area contributed by atoms with Crippen molar-refractivity contribution in [3.63, 3.8) is 0 Å². The lowest BCUT2D eigenvalue weighted by atomic mass is 10.4. The van der Waals surface area contributed by atoms with Crippen LogP contribution in [-0.4, -0.2) is 11.1 Å². The average molecular weight is 86.1 g/mol. The van der Waals surface area contributed by atoms with Crippen molar-refractivity contribution in [1.29, 1.82) is 1.43 Å². The third-order valence-electron chi connectivity index (χ3n) is 0.254. The summed E-state index contributed by atoms with van der Waals surface area (Å²) in [5.41, 5.74) is 0. The summed E-state index contributed by atoms with van der Waals surface area (Å²) in [4.78, 5) is 9.88. The Morgan fingerprint density at radius 2 is 2.83 bits per heavy atom. The molecule has 0 saturated heterocycles. The van der Waals surface area contributed by atoms with E-state index in [1.807, 2.05) is 0 Å². The van der Waals surface area contributed by atoms with Gasteiger partial charge in [0.1, 0.15) is 0 Å². The molecule has 0 aromatic rings. The zero-order chi connectivity index (χ0) is 5.70. The van der Waals surface area contributed by atoms with Gasteiger partial charge < -0.3 is 5.11 Å². The maximum atomic E-state index is 9.88. The Bertz CT molecular complexity index is 79.8. The fourth-order valence-corrected chi connectivity index (χ4v) is 0.0962. The van der Waals surface area contributed by atoms with E-state index in [9.17, 15) is 4.79 Å². The highest BCUT2D eigenvalue weighted by molar-refractivity contribution is 5.78. The summed E-state index contributed by atoms with van der Waals surface area (Å²) in [6.07, 6.45) is 2.32. The summed E-state index contributed by atoms with van der Waals surface area (Å²) in [6, 6.07) is 0. The molecule has 1 radical (unpaired) electrons. The first kappa shape index (κ1) is 3.40. The van der Waals surface area contributed by atoms with Crippen LogP contribution in [-0.2, 0) is 4.79 Å². The fourth-order valence-electron chi connectivity index (χ4n) is 0.0962. The molecule has 0 bridgehead atoms. The largest absolute Gasteiger partial charge is 0.481 e. The quantitative estimate of drug-likeness (QED) is 0.530. The van der Waals surface area contributed by atoms with Gasteiger partial charge in [-0.1, -0.05) is 6.08 Å². The first-order valence-corrected chi connectivity index (χ1v) is 1.44. The van der Waals surface area contributed by atoms with Crippen LogP contribution < -0.4 is 0 Å². The van der Waals surface area contributed by atoms with Gasteiger partial charge in [0.05, 0.1) is 6.42 Å². The van der Waals surface area contributed by atoms with Crippen LogP contribution in [0.25, 0.3) is 1.43 Å².